The average molecular weight is 268 g/mol. The zero-order chi connectivity index (χ0) is 14.7. The SMILES string of the molecule is CCOc1ccc(-c2cc(N)c(N)c(C#N)n2)cc1C. The fourth-order valence-corrected chi connectivity index (χ4v) is 1.93. The molecule has 102 valence electrons. The molecule has 2 rings (SSSR count). The van der Waals surface area contributed by atoms with Crippen LogP contribution in [0.1, 0.15) is 18.2 Å². The van der Waals surface area contributed by atoms with Crippen molar-refractivity contribution in [3.63, 3.8) is 0 Å². The van der Waals surface area contributed by atoms with Crippen LogP contribution in [-0.2, 0) is 0 Å². The smallest absolute Gasteiger partial charge is 0.166 e. The summed E-state index contributed by atoms with van der Waals surface area (Å²) in [6, 6.07) is 9.34. The molecule has 0 aliphatic heterocycles. The van der Waals surface area contributed by atoms with Crippen molar-refractivity contribution in [2.45, 2.75) is 13.8 Å². The van der Waals surface area contributed by atoms with E-state index < -0.39 is 0 Å². The molecule has 0 spiro atoms. The Morgan fingerprint density at radius 2 is 2.05 bits per heavy atom. The summed E-state index contributed by atoms with van der Waals surface area (Å²) < 4.78 is 5.50. The van der Waals surface area contributed by atoms with E-state index in [0.717, 1.165) is 16.9 Å². The lowest BCUT2D eigenvalue weighted by Gasteiger charge is -2.10. The van der Waals surface area contributed by atoms with Crippen molar-refractivity contribution in [2.24, 2.45) is 0 Å². The van der Waals surface area contributed by atoms with Crippen LogP contribution in [0.5, 0.6) is 5.75 Å². The molecule has 0 saturated heterocycles. The molecule has 1 heterocycles. The average Bonchev–Trinajstić information content (AvgIpc) is 2.44. The van der Waals surface area contributed by atoms with Crippen LogP contribution < -0.4 is 16.2 Å². The topological polar surface area (TPSA) is 98.0 Å². The Balaban J connectivity index is 2.50. The Kier molecular flexibility index (Phi) is 3.76. The quantitative estimate of drug-likeness (QED) is 0.891. The molecule has 0 amide bonds. The summed E-state index contributed by atoms with van der Waals surface area (Å²) in [6.45, 7) is 4.51. The monoisotopic (exact) mass is 268 g/mol. The van der Waals surface area contributed by atoms with E-state index in [2.05, 4.69) is 4.98 Å². The predicted octanol–water partition coefficient (Wildman–Crippen LogP) is 2.49. The molecule has 0 fully saturated rings. The van der Waals surface area contributed by atoms with Gasteiger partial charge < -0.3 is 16.2 Å². The first-order valence-corrected chi connectivity index (χ1v) is 6.26. The molecular formula is C15H16N4O. The van der Waals surface area contributed by atoms with E-state index in [4.69, 9.17) is 21.5 Å². The maximum absolute atomic E-state index is 9.01. The highest BCUT2D eigenvalue weighted by atomic mass is 16.5. The molecule has 1 aromatic heterocycles. The van der Waals surface area contributed by atoms with Crippen molar-refractivity contribution in [1.82, 2.24) is 4.98 Å². The number of nitriles is 1. The number of hydrogen-bond acceptors (Lipinski definition) is 5. The lowest BCUT2D eigenvalue weighted by Crippen LogP contribution is -2.02. The van der Waals surface area contributed by atoms with Gasteiger partial charge in [0.1, 0.15) is 11.8 Å². The van der Waals surface area contributed by atoms with Crippen molar-refractivity contribution in [3.05, 3.63) is 35.5 Å². The first-order valence-electron chi connectivity index (χ1n) is 6.26. The van der Waals surface area contributed by atoms with Gasteiger partial charge in [-0.05, 0) is 43.7 Å². The van der Waals surface area contributed by atoms with Crippen molar-refractivity contribution in [1.29, 1.82) is 5.26 Å². The second kappa shape index (κ2) is 5.49. The molecule has 0 aliphatic carbocycles. The van der Waals surface area contributed by atoms with Crippen molar-refractivity contribution in [3.8, 4) is 23.1 Å². The van der Waals surface area contributed by atoms with Gasteiger partial charge in [0.15, 0.2) is 5.69 Å². The summed E-state index contributed by atoms with van der Waals surface area (Å²) in [5, 5.41) is 9.01. The zero-order valence-electron chi connectivity index (χ0n) is 11.5. The normalized spacial score (nSPS) is 10.1. The molecule has 0 radical (unpaired) electrons. The van der Waals surface area contributed by atoms with Gasteiger partial charge in [-0.3, -0.25) is 0 Å². The number of anilines is 2. The van der Waals surface area contributed by atoms with Gasteiger partial charge in [-0.2, -0.15) is 5.26 Å². The van der Waals surface area contributed by atoms with Gasteiger partial charge in [0.05, 0.1) is 23.7 Å². The van der Waals surface area contributed by atoms with Gasteiger partial charge in [-0.15, -0.1) is 0 Å². The highest BCUT2D eigenvalue weighted by Crippen LogP contribution is 2.29. The lowest BCUT2D eigenvalue weighted by atomic mass is 10.1. The first kappa shape index (κ1) is 13.7. The highest BCUT2D eigenvalue weighted by Gasteiger charge is 2.10. The maximum Gasteiger partial charge on any atom is 0.166 e. The number of nitrogens with two attached hydrogens (primary N) is 2. The predicted molar refractivity (Wildman–Crippen MR) is 79.1 cm³/mol. The van der Waals surface area contributed by atoms with E-state index in [9.17, 15) is 0 Å². The number of rotatable bonds is 3. The molecule has 1 aromatic carbocycles. The molecular weight excluding hydrogens is 252 g/mol. The summed E-state index contributed by atoms with van der Waals surface area (Å²) in [7, 11) is 0. The molecule has 5 nitrogen and oxygen atoms in total. The molecule has 20 heavy (non-hydrogen) atoms. The maximum atomic E-state index is 9.01. The first-order chi connectivity index (χ1) is 9.56. The number of aromatic nitrogens is 1. The van der Waals surface area contributed by atoms with Crippen molar-refractivity contribution in [2.75, 3.05) is 18.1 Å². The van der Waals surface area contributed by atoms with Crippen molar-refractivity contribution >= 4 is 11.4 Å². The molecule has 0 unspecified atom stereocenters. The summed E-state index contributed by atoms with van der Waals surface area (Å²) >= 11 is 0. The van der Waals surface area contributed by atoms with Gasteiger partial charge in [0, 0.05) is 5.56 Å². The van der Waals surface area contributed by atoms with Gasteiger partial charge in [-0.1, -0.05) is 0 Å². The van der Waals surface area contributed by atoms with Crippen LogP contribution in [0.2, 0.25) is 0 Å². The van der Waals surface area contributed by atoms with Gasteiger partial charge in [0.25, 0.3) is 0 Å². The Morgan fingerprint density at radius 1 is 1.30 bits per heavy atom. The minimum atomic E-state index is 0.145. The van der Waals surface area contributed by atoms with Gasteiger partial charge in [-0.25, -0.2) is 4.98 Å². The Hall–Kier alpha value is -2.74. The van der Waals surface area contributed by atoms with Crippen LogP contribution in [0, 0.1) is 18.3 Å². The minimum absolute atomic E-state index is 0.145. The molecule has 5 heteroatoms. The largest absolute Gasteiger partial charge is 0.494 e. The third-order valence-electron chi connectivity index (χ3n) is 2.97. The van der Waals surface area contributed by atoms with Crippen LogP contribution in [0.25, 0.3) is 11.3 Å². The fourth-order valence-electron chi connectivity index (χ4n) is 1.93. The number of benzene rings is 1. The Bertz CT molecular complexity index is 689. The second-order valence-corrected chi connectivity index (χ2v) is 4.38. The van der Waals surface area contributed by atoms with E-state index in [1.807, 2.05) is 38.1 Å². The summed E-state index contributed by atoms with van der Waals surface area (Å²) in [5.74, 6) is 0.833. The fraction of sp³-hybridized carbons (Fsp3) is 0.200. The van der Waals surface area contributed by atoms with Crippen LogP contribution in [0.15, 0.2) is 24.3 Å². The van der Waals surface area contributed by atoms with Gasteiger partial charge in [0.2, 0.25) is 0 Å². The van der Waals surface area contributed by atoms with Crippen LogP contribution >= 0.6 is 0 Å². The number of nitrogen functional groups attached to an aromatic ring is 2. The van der Waals surface area contributed by atoms with Crippen LogP contribution in [0.3, 0.4) is 0 Å². The second-order valence-electron chi connectivity index (χ2n) is 4.38. The number of pyridine rings is 1. The molecule has 4 N–H and O–H groups in total. The Morgan fingerprint density at radius 3 is 2.65 bits per heavy atom. The van der Waals surface area contributed by atoms with Crippen LogP contribution in [-0.4, -0.2) is 11.6 Å². The molecule has 0 aliphatic rings. The Labute approximate surface area is 117 Å². The van der Waals surface area contributed by atoms with E-state index >= 15 is 0 Å². The lowest BCUT2D eigenvalue weighted by molar-refractivity contribution is 0.338. The van der Waals surface area contributed by atoms with E-state index in [0.29, 0.717) is 18.0 Å². The molecule has 0 saturated carbocycles. The number of nitrogens with zero attached hydrogens (tertiary/aromatic N) is 2. The molecule has 2 aromatic rings. The standard InChI is InChI=1S/C15H16N4O/c1-3-20-14-5-4-10(6-9(14)2)12-7-11(17)15(18)13(8-16)19-12/h4-7H,3,18H2,1-2H3,(H2,17,19). The van der Waals surface area contributed by atoms with Gasteiger partial charge >= 0.3 is 0 Å². The molecule has 0 bridgehead atoms. The van der Waals surface area contributed by atoms with E-state index in [1.165, 1.54) is 0 Å². The van der Waals surface area contributed by atoms with Crippen molar-refractivity contribution < 1.29 is 4.74 Å². The number of aryl methyl sites for hydroxylation is 1. The highest BCUT2D eigenvalue weighted by molar-refractivity contribution is 5.75. The zero-order valence-corrected chi connectivity index (χ0v) is 11.5. The van der Waals surface area contributed by atoms with E-state index in [1.54, 1.807) is 6.07 Å². The third kappa shape index (κ3) is 2.50. The summed E-state index contributed by atoms with van der Waals surface area (Å²) in [4.78, 5) is 4.23. The molecule has 0 atom stereocenters. The minimum Gasteiger partial charge on any atom is -0.494 e. The number of ether oxygens (including phenoxy) is 1. The third-order valence-corrected chi connectivity index (χ3v) is 2.97. The summed E-state index contributed by atoms with van der Waals surface area (Å²) in [5.41, 5.74) is 14.7. The number of hydrogen-bond donors (Lipinski definition) is 2. The van der Waals surface area contributed by atoms with Crippen LogP contribution in [0.4, 0.5) is 11.4 Å². The summed E-state index contributed by atoms with van der Waals surface area (Å²) in [6.07, 6.45) is 0. The van der Waals surface area contributed by atoms with E-state index in [-0.39, 0.29) is 11.4 Å².